The molecule has 1 atom stereocenters. The van der Waals surface area contributed by atoms with E-state index in [-0.39, 0.29) is 11.8 Å². The number of hydrogen-bond donors (Lipinski definition) is 2. The van der Waals surface area contributed by atoms with Crippen LogP contribution < -0.4 is 15.4 Å². The zero-order valence-electron chi connectivity index (χ0n) is 12.1. The van der Waals surface area contributed by atoms with Crippen molar-refractivity contribution in [1.29, 1.82) is 0 Å². The molecule has 110 valence electrons. The quantitative estimate of drug-likeness (QED) is 0.891. The second-order valence-electron chi connectivity index (χ2n) is 5.09. The van der Waals surface area contributed by atoms with Crippen LogP contribution in [0.3, 0.4) is 0 Å². The van der Waals surface area contributed by atoms with Crippen LogP contribution in [0.1, 0.15) is 17.2 Å². The van der Waals surface area contributed by atoms with Gasteiger partial charge >= 0.3 is 0 Å². The van der Waals surface area contributed by atoms with Crippen LogP contribution in [0, 0.1) is 0 Å². The highest BCUT2D eigenvalue weighted by Crippen LogP contribution is 2.27. The number of rotatable bonds is 3. The number of aromatic nitrogens is 2. The van der Waals surface area contributed by atoms with Gasteiger partial charge in [0.1, 0.15) is 5.75 Å². The number of nitrogens with one attached hydrogen (secondary N) is 2. The topological polar surface area (TPSA) is 68.2 Å². The van der Waals surface area contributed by atoms with Crippen LogP contribution in [0.15, 0.2) is 30.5 Å². The maximum absolute atomic E-state index is 12.6. The van der Waals surface area contributed by atoms with Crippen LogP contribution in [-0.4, -0.2) is 29.3 Å². The molecule has 1 aromatic heterocycles. The van der Waals surface area contributed by atoms with Gasteiger partial charge in [0, 0.05) is 31.9 Å². The normalized spacial score (nSPS) is 17.1. The van der Waals surface area contributed by atoms with Crippen LogP contribution in [0.25, 0.3) is 0 Å². The summed E-state index contributed by atoms with van der Waals surface area (Å²) in [5.41, 5.74) is 2.60. The van der Waals surface area contributed by atoms with Crippen molar-refractivity contribution in [2.45, 2.75) is 12.5 Å². The summed E-state index contributed by atoms with van der Waals surface area (Å²) in [5.74, 6) is 0.280. The van der Waals surface area contributed by atoms with Gasteiger partial charge in [-0.05, 0) is 12.1 Å². The molecule has 0 fully saturated rings. The fourth-order valence-electron chi connectivity index (χ4n) is 2.62. The largest absolute Gasteiger partial charge is 0.495 e. The van der Waals surface area contributed by atoms with E-state index in [1.165, 1.54) is 0 Å². The van der Waals surface area contributed by atoms with Gasteiger partial charge in [-0.25, -0.2) is 0 Å². The average Bonchev–Trinajstić information content (AvgIpc) is 2.87. The summed E-state index contributed by atoms with van der Waals surface area (Å²) >= 11 is 0. The highest BCUT2D eigenvalue weighted by atomic mass is 16.5. The fraction of sp³-hybridized carbons (Fsp3) is 0.333. The van der Waals surface area contributed by atoms with Gasteiger partial charge in [-0.15, -0.1) is 0 Å². The minimum atomic E-state index is -0.292. The number of amides is 1. The third-order valence-corrected chi connectivity index (χ3v) is 3.61. The van der Waals surface area contributed by atoms with Crippen LogP contribution >= 0.6 is 0 Å². The smallest absolute Gasteiger partial charge is 0.235 e. The number of hydrogen-bond acceptors (Lipinski definition) is 4. The molecule has 21 heavy (non-hydrogen) atoms. The van der Waals surface area contributed by atoms with Crippen LogP contribution in [0.4, 0.5) is 5.69 Å². The Hall–Kier alpha value is -2.34. The van der Waals surface area contributed by atoms with E-state index < -0.39 is 0 Å². The van der Waals surface area contributed by atoms with Crippen molar-refractivity contribution in [2.75, 3.05) is 19.0 Å². The predicted molar refractivity (Wildman–Crippen MR) is 79.3 cm³/mol. The molecule has 0 radical (unpaired) electrons. The number of fused-ring (bicyclic) bond motifs is 1. The van der Waals surface area contributed by atoms with E-state index in [0.717, 1.165) is 17.8 Å². The van der Waals surface area contributed by atoms with Crippen molar-refractivity contribution in [3.63, 3.8) is 0 Å². The van der Waals surface area contributed by atoms with E-state index in [1.54, 1.807) is 11.8 Å². The standard InChI is InChI=1S/C15H18N4O2/c1-19-9-10-7-16-8-11(14(10)18-19)15(20)17-12-5-3-4-6-13(12)21-2/h3-6,9,11,16H,7-8H2,1-2H3,(H,17,20)/t11-/m0/s1. The number of carbonyl (C=O) groups excluding carboxylic acids is 1. The van der Waals surface area contributed by atoms with Gasteiger partial charge in [-0.2, -0.15) is 5.10 Å². The molecule has 6 heteroatoms. The lowest BCUT2D eigenvalue weighted by atomic mass is 9.97. The Morgan fingerprint density at radius 2 is 2.29 bits per heavy atom. The first-order chi connectivity index (χ1) is 10.2. The molecule has 0 spiro atoms. The zero-order valence-corrected chi connectivity index (χ0v) is 12.1. The molecule has 1 aliphatic rings. The van der Waals surface area contributed by atoms with Gasteiger partial charge in [0.05, 0.1) is 24.4 Å². The highest BCUT2D eigenvalue weighted by Gasteiger charge is 2.29. The molecule has 0 aliphatic carbocycles. The lowest BCUT2D eigenvalue weighted by Gasteiger charge is -2.22. The summed E-state index contributed by atoms with van der Waals surface area (Å²) in [6.45, 7) is 1.34. The van der Waals surface area contributed by atoms with Crippen molar-refractivity contribution in [3.05, 3.63) is 41.7 Å². The second kappa shape index (κ2) is 5.57. The van der Waals surface area contributed by atoms with Crippen LogP contribution in [-0.2, 0) is 18.4 Å². The molecule has 3 rings (SSSR count). The lowest BCUT2D eigenvalue weighted by Crippen LogP contribution is -2.35. The van der Waals surface area contributed by atoms with E-state index in [0.29, 0.717) is 18.0 Å². The molecule has 2 heterocycles. The second-order valence-corrected chi connectivity index (χ2v) is 5.09. The van der Waals surface area contributed by atoms with Crippen LogP contribution in [0.5, 0.6) is 5.75 Å². The number of benzene rings is 1. The summed E-state index contributed by atoms with van der Waals surface area (Å²) in [4.78, 5) is 12.6. The van der Waals surface area contributed by atoms with Crippen molar-refractivity contribution in [3.8, 4) is 5.75 Å². The minimum absolute atomic E-state index is 0.0772. The summed E-state index contributed by atoms with van der Waals surface area (Å²) in [5, 5.41) is 10.6. The van der Waals surface area contributed by atoms with Gasteiger partial charge in [0.25, 0.3) is 0 Å². The first-order valence-electron chi connectivity index (χ1n) is 6.86. The van der Waals surface area contributed by atoms with Gasteiger partial charge in [0.15, 0.2) is 0 Å². The van der Waals surface area contributed by atoms with E-state index >= 15 is 0 Å². The Bertz CT molecular complexity index is 665. The molecule has 1 aliphatic heterocycles. The molecule has 0 saturated heterocycles. The SMILES string of the molecule is COc1ccccc1NC(=O)[C@H]1CNCc2cn(C)nc21. The Morgan fingerprint density at radius 1 is 1.48 bits per heavy atom. The maximum atomic E-state index is 12.6. The monoisotopic (exact) mass is 286 g/mol. The van der Waals surface area contributed by atoms with E-state index in [2.05, 4.69) is 15.7 Å². The van der Waals surface area contributed by atoms with Crippen molar-refractivity contribution >= 4 is 11.6 Å². The number of nitrogens with zero attached hydrogens (tertiary/aromatic N) is 2. The maximum Gasteiger partial charge on any atom is 0.235 e. The number of ether oxygens (including phenoxy) is 1. The van der Waals surface area contributed by atoms with Gasteiger partial charge in [-0.3, -0.25) is 9.48 Å². The molecule has 0 unspecified atom stereocenters. The molecule has 6 nitrogen and oxygen atoms in total. The first-order valence-corrected chi connectivity index (χ1v) is 6.86. The lowest BCUT2D eigenvalue weighted by molar-refractivity contribution is -0.117. The van der Waals surface area contributed by atoms with Crippen molar-refractivity contribution in [2.24, 2.45) is 7.05 Å². The number of aryl methyl sites for hydroxylation is 1. The summed E-state index contributed by atoms with van der Waals surface area (Å²) in [6, 6.07) is 7.38. The Kier molecular flexibility index (Phi) is 3.62. The summed E-state index contributed by atoms with van der Waals surface area (Å²) < 4.78 is 7.01. The van der Waals surface area contributed by atoms with E-state index in [4.69, 9.17) is 4.74 Å². The molecule has 1 aromatic carbocycles. The number of carbonyl (C=O) groups is 1. The van der Waals surface area contributed by atoms with Gasteiger partial charge in [0.2, 0.25) is 5.91 Å². The van der Waals surface area contributed by atoms with E-state index in [9.17, 15) is 4.79 Å². The molecule has 0 saturated carbocycles. The summed E-state index contributed by atoms with van der Waals surface area (Å²) in [7, 11) is 3.46. The van der Waals surface area contributed by atoms with Gasteiger partial charge in [-0.1, -0.05) is 12.1 Å². The molecule has 2 N–H and O–H groups in total. The van der Waals surface area contributed by atoms with Gasteiger partial charge < -0.3 is 15.4 Å². The molecule has 2 aromatic rings. The predicted octanol–water partition coefficient (Wildman–Crippen LogP) is 1.25. The third-order valence-electron chi connectivity index (χ3n) is 3.61. The molecule has 1 amide bonds. The fourth-order valence-corrected chi connectivity index (χ4v) is 2.62. The minimum Gasteiger partial charge on any atom is -0.495 e. The summed E-state index contributed by atoms with van der Waals surface area (Å²) in [6.07, 6.45) is 1.95. The Morgan fingerprint density at radius 3 is 3.10 bits per heavy atom. The van der Waals surface area contributed by atoms with Crippen molar-refractivity contribution in [1.82, 2.24) is 15.1 Å². The van der Waals surface area contributed by atoms with E-state index in [1.807, 2.05) is 37.5 Å². The van der Waals surface area contributed by atoms with Crippen molar-refractivity contribution < 1.29 is 9.53 Å². The van der Waals surface area contributed by atoms with Crippen LogP contribution in [0.2, 0.25) is 0 Å². The number of methoxy groups -OCH3 is 1. The Balaban J connectivity index is 1.83. The third kappa shape index (κ3) is 2.62. The average molecular weight is 286 g/mol. The molecule has 0 bridgehead atoms. The number of para-hydroxylation sites is 2. The number of anilines is 1. The molecular formula is C15H18N4O2. The Labute approximate surface area is 123 Å². The zero-order chi connectivity index (χ0) is 14.8. The first kappa shape index (κ1) is 13.6. The molecular weight excluding hydrogens is 268 g/mol. The highest BCUT2D eigenvalue weighted by molar-refractivity contribution is 5.97.